The van der Waals surface area contributed by atoms with Crippen molar-refractivity contribution in [1.82, 2.24) is 0 Å². The van der Waals surface area contributed by atoms with Crippen molar-refractivity contribution < 1.29 is 10.2 Å². The lowest BCUT2D eigenvalue weighted by atomic mass is 9.98. The van der Waals surface area contributed by atoms with Gasteiger partial charge in [0.2, 0.25) is 0 Å². The van der Waals surface area contributed by atoms with Gasteiger partial charge in [0.1, 0.15) is 34.8 Å². The third-order valence-electron chi connectivity index (χ3n) is 2.54. The Morgan fingerprint density at radius 2 is 1.59 bits per heavy atom. The molecule has 4 N–H and O–H groups in total. The van der Waals surface area contributed by atoms with Gasteiger partial charge in [-0.3, -0.25) is 0 Å². The van der Waals surface area contributed by atoms with Gasteiger partial charge in [-0.2, -0.15) is 10.5 Å². The van der Waals surface area contributed by atoms with Gasteiger partial charge in [0.15, 0.2) is 0 Å². The summed E-state index contributed by atoms with van der Waals surface area (Å²) < 4.78 is 0. The van der Waals surface area contributed by atoms with E-state index in [0.717, 1.165) is 0 Å². The Morgan fingerprint density at radius 1 is 1.00 bits per heavy atom. The second-order valence-electron chi connectivity index (χ2n) is 3.44. The standard InChI is InChI=1S/C12H7N3O2/c13-4-7-8(5-14)12(17)10-6(11(7)16)2-1-3-9(10)15/h1-3,16-17H,15H2. The van der Waals surface area contributed by atoms with E-state index < -0.39 is 0 Å². The zero-order valence-electron chi connectivity index (χ0n) is 8.60. The van der Waals surface area contributed by atoms with Gasteiger partial charge >= 0.3 is 0 Å². The number of aromatic hydroxyl groups is 2. The second-order valence-corrected chi connectivity index (χ2v) is 3.44. The first kappa shape index (κ1) is 10.6. The number of nitrogens with zero attached hydrogens (tertiary/aromatic N) is 2. The maximum atomic E-state index is 9.90. The molecule has 2 rings (SSSR count). The van der Waals surface area contributed by atoms with Gasteiger partial charge in [0.25, 0.3) is 0 Å². The molecular formula is C12H7N3O2. The Bertz CT molecular complexity index is 708. The van der Waals surface area contributed by atoms with E-state index >= 15 is 0 Å². The Hall–Kier alpha value is -2.92. The lowest BCUT2D eigenvalue weighted by molar-refractivity contribution is 0.467. The summed E-state index contributed by atoms with van der Waals surface area (Å²) in [6.07, 6.45) is 0. The molecular weight excluding hydrogens is 218 g/mol. The molecule has 0 aliphatic rings. The number of nitrogen functional groups attached to an aromatic ring is 1. The zero-order valence-corrected chi connectivity index (χ0v) is 8.60. The smallest absolute Gasteiger partial charge is 0.144 e. The molecule has 0 atom stereocenters. The minimum absolute atomic E-state index is 0.181. The van der Waals surface area contributed by atoms with Crippen LogP contribution in [-0.4, -0.2) is 10.2 Å². The quantitative estimate of drug-likeness (QED) is 0.465. The van der Waals surface area contributed by atoms with Crippen LogP contribution in [0.2, 0.25) is 0 Å². The first-order valence-corrected chi connectivity index (χ1v) is 4.68. The van der Waals surface area contributed by atoms with Crippen molar-refractivity contribution in [2.24, 2.45) is 0 Å². The number of fused-ring (bicyclic) bond motifs is 1. The summed E-state index contributed by atoms with van der Waals surface area (Å²) in [5.41, 5.74) is 5.40. The third kappa shape index (κ3) is 1.30. The highest BCUT2D eigenvalue weighted by Gasteiger charge is 2.19. The maximum Gasteiger partial charge on any atom is 0.144 e. The van der Waals surface area contributed by atoms with Gasteiger partial charge in [-0.05, 0) is 6.07 Å². The van der Waals surface area contributed by atoms with Crippen LogP contribution in [0.1, 0.15) is 11.1 Å². The molecule has 0 saturated carbocycles. The average molecular weight is 225 g/mol. The van der Waals surface area contributed by atoms with E-state index in [9.17, 15) is 10.2 Å². The summed E-state index contributed by atoms with van der Waals surface area (Å²) in [6.45, 7) is 0. The largest absolute Gasteiger partial charge is 0.506 e. The number of phenols is 2. The molecule has 5 heteroatoms. The van der Waals surface area contributed by atoms with Crippen molar-refractivity contribution in [1.29, 1.82) is 10.5 Å². The van der Waals surface area contributed by atoms with Crippen LogP contribution in [0.3, 0.4) is 0 Å². The molecule has 2 aromatic rings. The molecule has 0 saturated heterocycles. The van der Waals surface area contributed by atoms with Crippen LogP contribution in [0.15, 0.2) is 18.2 Å². The Morgan fingerprint density at radius 3 is 2.18 bits per heavy atom. The number of hydrogen-bond acceptors (Lipinski definition) is 5. The molecule has 0 heterocycles. The highest BCUT2D eigenvalue weighted by molar-refractivity contribution is 6.04. The van der Waals surface area contributed by atoms with E-state index in [1.165, 1.54) is 12.1 Å². The lowest BCUT2D eigenvalue weighted by Crippen LogP contribution is -1.93. The van der Waals surface area contributed by atoms with Gasteiger partial charge in [-0.25, -0.2) is 0 Å². The molecule has 0 aliphatic heterocycles. The van der Waals surface area contributed by atoms with Gasteiger partial charge in [0.05, 0.1) is 5.39 Å². The van der Waals surface area contributed by atoms with Crippen LogP contribution < -0.4 is 5.73 Å². The van der Waals surface area contributed by atoms with E-state index in [4.69, 9.17) is 16.3 Å². The topological polar surface area (TPSA) is 114 Å². The van der Waals surface area contributed by atoms with Crippen molar-refractivity contribution in [3.8, 4) is 23.6 Å². The summed E-state index contributed by atoms with van der Waals surface area (Å²) in [6, 6.07) is 8.02. The highest BCUT2D eigenvalue weighted by Crippen LogP contribution is 2.41. The Kier molecular flexibility index (Phi) is 2.23. The van der Waals surface area contributed by atoms with Crippen molar-refractivity contribution in [2.45, 2.75) is 0 Å². The summed E-state index contributed by atoms with van der Waals surface area (Å²) in [4.78, 5) is 0. The second kappa shape index (κ2) is 3.58. The predicted molar refractivity (Wildman–Crippen MR) is 61.1 cm³/mol. The minimum Gasteiger partial charge on any atom is -0.506 e. The van der Waals surface area contributed by atoms with E-state index in [1.54, 1.807) is 18.2 Å². The lowest BCUT2D eigenvalue weighted by Gasteiger charge is -2.09. The molecule has 17 heavy (non-hydrogen) atoms. The summed E-state index contributed by atoms with van der Waals surface area (Å²) in [7, 11) is 0. The summed E-state index contributed by atoms with van der Waals surface area (Å²) in [5, 5.41) is 38.0. The van der Waals surface area contributed by atoms with Crippen molar-refractivity contribution in [3.05, 3.63) is 29.3 Å². The summed E-state index contributed by atoms with van der Waals surface area (Å²) in [5.74, 6) is -0.723. The molecule has 0 amide bonds. The van der Waals surface area contributed by atoms with Crippen LogP contribution in [0.5, 0.6) is 11.5 Å². The monoisotopic (exact) mass is 225 g/mol. The maximum absolute atomic E-state index is 9.90. The Balaban J connectivity index is 3.14. The SMILES string of the molecule is N#Cc1c(C#N)c(O)c2c(N)cccc2c1O. The fourth-order valence-corrected chi connectivity index (χ4v) is 1.75. The first-order chi connectivity index (χ1) is 8.11. The molecule has 0 aliphatic carbocycles. The molecule has 82 valence electrons. The molecule has 0 radical (unpaired) electrons. The van der Waals surface area contributed by atoms with Crippen molar-refractivity contribution in [3.63, 3.8) is 0 Å². The predicted octanol–water partition coefficient (Wildman–Crippen LogP) is 1.58. The molecule has 0 spiro atoms. The van der Waals surface area contributed by atoms with Crippen LogP contribution in [0.4, 0.5) is 5.69 Å². The van der Waals surface area contributed by atoms with E-state index in [-0.39, 0.29) is 39.1 Å². The molecule has 2 aromatic carbocycles. The third-order valence-corrected chi connectivity index (χ3v) is 2.54. The van der Waals surface area contributed by atoms with Gasteiger partial charge in [0, 0.05) is 11.1 Å². The molecule has 0 aromatic heterocycles. The zero-order chi connectivity index (χ0) is 12.6. The Labute approximate surface area is 96.6 Å². The van der Waals surface area contributed by atoms with Crippen molar-refractivity contribution in [2.75, 3.05) is 5.73 Å². The number of rotatable bonds is 0. The van der Waals surface area contributed by atoms with Gasteiger partial charge in [-0.15, -0.1) is 0 Å². The number of nitriles is 2. The van der Waals surface area contributed by atoms with Crippen molar-refractivity contribution >= 4 is 16.5 Å². The number of benzene rings is 2. The first-order valence-electron chi connectivity index (χ1n) is 4.68. The molecule has 5 nitrogen and oxygen atoms in total. The van der Waals surface area contributed by atoms with E-state index in [0.29, 0.717) is 0 Å². The van der Waals surface area contributed by atoms with Crippen LogP contribution >= 0.6 is 0 Å². The van der Waals surface area contributed by atoms with Crippen LogP contribution in [0.25, 0.3) is 10.8 Å². The minimum atomic E-state index is -0.380. The number of nitrogens with two attached hydrogens (primary N) is 1. The molecule has 0 fully saturated rings. The fraction of sp³-hybridized carbons (Fsp3) is 0. The van der Waals surface area contributed by atoms with Gasteiger partial charge < -0.3 is 15.9 Å². The van der Waals surface area contributed by atoms with Gasteiger partial charge in [-0.1, -0.05) is 12.1 Å². The molecule has 0 unspecified atom stereocenters. The normalized spacial score (nSPS) is 9.76. The number of phenolic OH excluding ortho intramolecular Hbond substituents is 2. The molecule has 0 bridgehead atoms. The fourth-order valence-electron chi connectivity index (χ4n) is 1.75. The number of hydrogen-bond donors (Lipinski definition) is 3. The van der Waals surface area contributed by atoms with Crippen LogP contribution in [0, 0.1) is 22.7 Å². The average Bonchev–Trinajstić information content (AvgIpc) is 2.33. The van der Waals surface area contributed by atoms with E-state index in [1.807, 2.05) is 0 Å². The van der Waals surface area contributed by atoms with E-state index in [2.05, 4.69) is 0 Å². The van der Waals surface area contributed by atoms with Crippen LogP contribution in [-0.2, 0) is 0 Å². The number of anilines is 1. The highest BCUT2D eigenvalue weighted by atomic mass is 16.3. The summed E-state index contributed by atoms with van der Waals surface area (Å²) >= 11 is 0.